The second-order valence-corrected chi connectivity index (χ2v) is 15.9. The van der Waals surface area contributed by atoms with Crippen LogP contribution in [0.3, 0.4) is 0 Å². The highest BCUT2D eigenvalue weighted by atomic mass is 16.5. The number of amides is 4. The lowest BCUT2D eigenvalue weighted by Gasteiger charge is -2.37. The van der Waals surface area contributed by atoms with E-state index in [2.05, 4.69) is 10.6 Å². The van der Waals surface area contributed by atoms with Gasteiger partial charge in [0.25, 0.3) is 0 Å². The van der Waals surface area contributed by atoms with Crippen LogP contribution < -0.4 is 10.6 Å². The van der Waals surface area contributed by atoms with Gasteiger partial charge in [-0.25, -0.2) is 9.59 Å². The van der Waals surface area contributed by atoms with Crippen LogP contribution in [0, 0.1) is 0 Å². The first-order valence-corrected chi connectivity index (χ1v) is 21.0. The molecule has 0 unspecified atom stereocenters. The number of ether oxygens (including phenoxy) is 2. The molecule has 6 atom stereocenters. The fourth-order valence-electron chi connectivity index (χ4n) is 8.76. The fraction of sp³-hybridized carbons (Fsp3) is 0.375. The van der Waals surface area contributed by atoms with Crippen molar-refractivity contribution in [3.63, 3.8) is 0 Å². The van der Waals surface area contributed by atoms with Gasteiger partial charge in [-0.15, -0.1) is 0 Å². The Labute approximate surface area is 350 Å². The van der Waals surface area contributed by atoms with Crippen molar-refractivity contribution in [1.82, 2.24) is 20.4 Å². The Morgan fingerprint density at radius 3 is 1.12 bits per heavy atom. The zero-order chi connectivity index (χ0) is 41.8. The number of nitrogens with one attached hydrogen (secondary N) is 2. The van der Waals surface area contributed by atoms with Crippen LogP contribution in [0.25, 0.3) is 0 Å². The predicted molar refractivity (Wildman–Crippen MR) is 222 cm³/mol. The van der Waals surface area contributed by atoms with Crippen LogP contribution in [0.15, 0.2) is 121 Å². The summed E-state index contributed by atoms with van der Waals surface area (Å²) in [6, 6.07) is 35.7. The summed E-state index contributed by atoms with van der Waals surface area (Å²) in [5, 5.41) is 5.73. The second kappa shape index (κ2) is 20.1. The topological polar surface area (TPSA) is 151 Å². The Balaban J connectivity index is 0.000000181. The minimum absolute atomic E-state index is 0.0500. The summed E-state index contributed by atoms with van der Waals surface area (Å²) in [7, 11) is 0. The van der Waals surface area contributed by atoms with Crippen molar-refractivity contribution in [2.75, 3.05) is 0 Å². The molecule has 0 aromatic heterocycles. The zero-order valence-corrected chi connectivity index (χ0v) is 33.7. The van der Waals surface area contributed by atoms with E-state index in [0.717, 1.165) is 47.9 Å². The third kappa shape index (κ3) is 10.7. The molecule has 312 valence electrons. The van der Waals surface area contributed by atoms with Crippen molar-refractivity contribution >= 4 is 35.6 Å². The standard InChI is InChI=1S/2C24H26N2O4/c2*27-22(15-17-7-3-1-4-8-17)25-20-13-11-19-12-14-21(26(19)23(20)28)24(29)30-16-18-9-5-2-6-10-18/h2*1-10,19-21H,11-16H2,(H,25,27)/t2*19-,20-,21-/m00/s1. The SMILES string of the molecule is O=C(Cc1ccccc1)N[C@H]1CC[C@H]2CC[C@@H](C(=O)OCc3ccccc3)N2C1=O.O=C(Cc1ccccc1)N[C@H]1CC[C@H]2CC[C@@H](C(=O)OCc3ccccc3)N2C1=O. The van der Waals surface area contributed by atoms with Gasteiger partial charge in [-0.3, -0.25) is 19.2 Å². The Morgan fingerprint density at radius 2 is 0.767 bits per heavy atom. The van der Waals surface area contributed by atoms with E-state index in [1.54, 1.807) is 9.80 Å². The highest BCUT2D eigenvalue weighted by Crippen LogP contribution is 2.34. The minimum atomic E-state index is -0.583. The first kappa shape index (κ1) is 41.8. The molecule has 4 aromatic carbocycles. The monoisotopic (exact) mass is 812 g/mol. The molecule has 4 fully saturated rings. The summed E-state index contributed by atoms with van der Waals surface area (Å²) < 4.78 is 11.0. The molecule has 4 amide bonds. The molecule has 4 heterocycles. The number of benzene rings is 4. The van der Waals surface area contributed by atoms with Gasteiger partial charge in [-0.05, 0) is 73.6 Å². The highest BCUT2D eigenvalue weighted by Gasteiger charge is 2.48. The van der Waals surface area contributed by atoms with Crippen molar-refractivity contribution in [3.8, 4) is 0 Å². The molecule has 8 rings (SSSR count). The van der Waals surface area contributed by atoms with Crippen LogP contribution in [-0.2, 0) is 64.3 Å². The van der Waals surface area contributed by atoms with E-state index in [0.29, 0.717) is 25.7 Å². The Kier molecular flexibility index (Phi) is 14.0. The summed E-state index contributed by atoms with van der Waals surface area (Å²) in [6.45, 7) is 0.389. The molecule has 4 aliphatic rings. The maximum absolute atomic E-state index is 13.1. The van der Waals surface area contributed by atoms with E-state index in [-0.39, 0.29) is 73.7 Å². The van der Waals surface area contributed by atoms with Crippen LogP contribution in [0.2, 0.25) is 0 Å². The average molecular weight is 813 g/mol. The maximum Gasteiger partial charge on any atom is 0.329 e. The van der Waals surface area contributed by atoms with E-state index in [4.69, 9.17) is 9.47 Å². The van der Waals surface area contributed by atoms with Crippen molar-refractivity contribution in [1.29, 1.82) is 0 Å². The fourth-order valence-corrected chi connectivity index (χ4v) is 8.76. The first-order chi connectivity index (χ1) is 29.2. The van der Waals surface area contributed by atoms with Crippen LogP contribution in [-0.4, -0.2) is 81.6 Å². The Hall–Kier alpha value is -6.30. The van der Waals surface area contributed by atoms with E-state index in [1.165, 1.54) is 0 Å². The van der Waals surface area contributed by atoms with Gasteiger partial charge in [0, 0.05) is 12.1 Å². The Morgan fingerprint density at radius 1 is 0.450 bits per heavy atom. The van der Waals surface area contributed by atoms with Gasteiger partial charge in [-0.2, -0.15) is 0 Å². The zero-order valence-electron chi connectivity index (χ0n) is 33.7. The maximum atomic E-state index is 13.1. The number of piperidine rings is 2. The third-order valence-electron chi connectivity index (χ3n) is 11.8. The lowest BCUT2D eigenvalue weighted by atomic mass is 9.97. The third-order valence-corrected chi connectivity index (χ3v) is 11.8. The van der Waals surface area contributed by atoms with Crippen LogP contribution >= 0.6 is 0 Å². The summed E-state index contributed by atoms with van der Waals surface area (Å²) in [5.41, 5.74) is 3.63. The largest absolute Gasteiger partial charge is 0.459 e. The number of nitrogens with zero attached hydrogens (tertiary/aromatic N) is 2. The number of hydrogen-bond acceptors (Lipinski definition) is 8. The van der Waals surface area contributed by atoms with Gasteiger partial charge in [0.1, 0.15) is 37.4 Å². The molecule has 60 heavy (non-hydrogen) atoms. The van der Waals surface area contributed by atoms with E-state index in [9.17, 15) is 28.8 Å². The van der Waals surface area contributed by atoms with Crippen LogP contribution in [0.1, 0.15) is 73.6 Å². The summed E-state index contributed by atoms with van der Waals surface area (Å²) in [6.07, 6.45) is 6.03. The second-order valence-electron chi connectivity index (χ2n) is 15.9. The number of rotatable bonds is 12. The molecule has 0 saturated carbocycles. The summed E-state index contributed by atoms with van der Waals surface area (Å²) >= 11 is 0. The van der Waals surface area contributed by atoms with Gasteiger partial charge in [0.05, 0.1) is 12.8 Å². The number of hydrogen-bond donors (Lipinski definition) is 2. The predicted octanol–water partition coefficient (Wildman–Crippen LogP) is 5.22. The summed E-state index contributed by atoms with van der Waals surface area (Å²) in [5.74, 6) is -1.45. The van der Waals surface area contributed by atoms with Crippen molar-refractivity contribution in [2.45, 2.75) is 114 Å². The normalized spacial score (nSPS) is 23.0. The molecule has 12 nitrogen and oxygen atoms in total. The molecular formula is C48H52N4O8. The number of fused-ring (bicyclic) bond motifs is 2. The van der Waals surface area contributed by atoms with E-state index >= 15 is 0 Å². The number of carbonyl (C=O) groups excluding carboxylic acids is 6. The molecule has 4 aromatic rings. The molecule has 0 bridgehead atoms. The smallest absolute Gasteiger partial charge is 0.329 e. The molecule has 0 aliphatic carbocycles. The lowest BCUT2D eigenvalue weighted by molar-refractivity contribution is -0.158. The average Bonchev–Trinajstić information content (AvgIpc) is 3.92. The quantitative estimate of drug-likeness (QED) is 0.185. The molecular weight excluding hydrogens is 761 g/mol. The number of esters is 2. The number of carbonyl (C=O) groups is 6. The Bertz CT molecular complexity index is 1950. The molecule has 4 aliphatic heterocycles. The first-order valence-electron chi connectivity index (χ1n) is 21.0. The van der Waals surface area contributed by atoms with Gasteiger partial charge < -0.3 is 29.9 Å². The van der Waals surface area contributed by atoms with Crippen LogP contribution in [0.4, 0.5) is 0 Å². The van der Waals surface area contributed by atoms with Gasteiger partial charge in [0.15, 0.2) is 0 Å². The van der Waals surface area contributed by atoms with Crippen molar-refractivity contribution in [3.05, 3.63) is 144 Å². The van der Waals surface area contributed by atoms with Crippen molar-refractivity contribution in [2.24, 2.45) is 0 Å². The minimum Gasteiger partial charge on any atom is -0.459 e. The van der Waals surface area contributed by atoms with E-state index < -0.39 is 24.2 Å². The van der Waals surface area contributed by atoms with Gasteiger partial charge in [0.2, 0.25) is 23.6 Å². The van der Waals surface area contributed by atoms with Gasteiger partial charge >= 0.3 is 11.9 Å². The van der Waals surface area contributed by atoms with Gasteiger partial charge in [-0.1, -0.05) is 121 Å². The van der Waals surface area contributed by atoms with Crippen molar-refractivity contribution < 1.29 is 38.2 Å². The van der Waals surface area contributed by atoms with E-state index in [1.807, 2.05) is 121 Å². The molecule has 12 heteroatoms. The lowest BCUT2D eigenvalue weighted by Crippen LogP contribution is -2.57. The van der Waals surface area contributed by atoms with Crippen LogP contribution in [0.5, 0.6) is 0 Å². The molecule has 2 N–H and O–H groups in total. The molecule has 0 spiro atoms. The molecule has 4 saturated heterocycles. The molecule has 0 radical (unpaired) electrons. The highest BCUT2D eigenvalue weighted by molar-refractivity contribution is 5.93. The summed E-state index contributed by atoms with van der Waals surface area (Å²) in [4.78, 5) is 79.7.